The third-order valence-corrected chi connectivity index (χ3v) is 1.76. The Morgan fingerprint density at radius 2 is 2.00 bits per heavy atom. The lowest BCUT2D eigenvalue weighted by molar-refractivity contribution is 0.620. The topological polar surface area (TPSA) is 0 Å². The van der Waals surface area contributed by atoms with Crippen molar-refractivity contribution in [2.45, 2.75) is 6.92 Å². The molecule has 9 heavy (non-hydrogen) atoms. The smallest absolute Gasteiger partial charge is 0.00129 e. The van der Waals surface area contributed by atoms with Gasteiger partial charge in [0.1, 0.15) is 0 Å². The molecule has 0 amide bonds. The minimum atomic E-state index is 0.583. The molecule has 1 atom stereocenters. The van der Waals surface area contributed by atoms with E-state index >= 15 is 0 Å². The van der Waals surface area contributed by atoms with E-state index in [1.165, 1.54) is 0 Å². The van der Waals surface area contributed by atoms with E-state index in [0.717, 1.165) is 0 Å². The van der Waals surface area contributed by atoms with Gasteiger partial charge in [0.05, 0.1) is 0 Å². The van der Waals surface area contributed by atoms with Gasteiger partial charge in [-0.05, 0) is 5.92 Å². The molecule has 0 saturated carbocycles. The van der Waals surface area contributed by atoms with Gasteiger partial charge in [-0.15, -0.1) is 6.58 Å². The SMILES string of the molecule is C=CC(C)C1C=CC=C1. The third kappa shape index (κ3) is 1.32. The largest absolute Gasteiger partial charge is 0.103 e. The van der Waals surface area contributed by atoms with Crippen molar-refractivity contribution in [1.29, 1.82) is 0 Å². The van der Waals surface area contributed by atoms with Crippen LogP contribution in [-0.2, 0) is 0 Å². The molecule has 0 spiro atoms. The fraction of sp³-hybridized carbons (Fsp3) is 0.333. The number of hydrogen-bond donors (Lipinski definition) is 0. The Morgan fingerprint density at radius 1 is 1.44 bits per heavy atom. The lowest BCUT2D eigenvalue weighted by Gasteiger charge is -2.08. The molecule has 0 heterocycles. The Morgan fingerprint density at radius 3 is 2.44 bits per heavy atom. The normalized spacial score (nSPS) is 20.6. The van der Waals surface area contributed by atoms with Crippen LogP contribution in [0.4, 0.5) is 0 Å². The minimum Gasteiger partial charge on any atom is -0.103 e. The maximum atomic E-state index is 3.74. The molecule has 0 bridgehead atoms. The molecule has 0 radical (unpaired) electrons. The quantitative estimate of drug-likeness (QED) is 0.491. The average molecular weight is 120 g/mol. The van der Waals surface area contributed by atoms with Crippen LogP contribution in [0.15, 0.2) is 37.0 Å². The van der Waals surface area contributed by atoms with Crippen molar-refractivity contribution in [2.75, 3.05) is 0 Å². The van der Waals surface area contributed by atoms with Crippen molar-refractivity contribution in [2.24, 2.45) is 11.8 Å². The Labute approximate surface area is 56.6 Å². The third-order valence-electron chi connectivity index (χ3n) is 1.76. The number of rotatable bonds is 2. The highest BCUT2D eigenvalue weighted by Crippen LogP contribution is 2.19. The molecule has 0 aliphatic heterocycles. The summed E-state index contributed by atoms with van der Waals surface area (Å²) in [5.74, 6) is 1.18. The summed E-state index contributed by atoms with van der Waals surface area (Å²) in [7, 11) is 0. The second kappa shape index (κ2) is 2.67. The maximum absolute atomic E-state index is 3.74. The molecule has 1 aliphatic rings. The van der Waals surface area contributed by atoms with Gasteiger partial charge in [0.15, 0.2) is 0 Å². The predicted octanol–water partition coefficient (Wildman–Crippen LogP) is 2.55. The Hall–Kier alpha value is -0.780. The van der Waals surface area contributed by atoms with E-state index in [1.807, 2.05) is 6.08 Å². The van der Waals surface area contributed by atoms with E-state index in [4.69, 9.17) is 0 Å². The lowest BCUT2D eigenvalue weighted by Crippen LogP contribution is -2.00. The van der Waals surface area contributed by atoms with Crippen molar-refractivity contribution >= 4 is 0 Å². The maximum Gasteiger partial charge on any atom is 0.00129 e. The van der Waals surface area contributed by atoms with E-state index in [2.05, 4.69) is 37.8 Å². The molecule has 0 fully saturated rings. The molecule has 1 unspecified atom stereocenters. The summed E-state index contributed by atoms with van der Waals surface area (Å²) >= 11 is 0. The van der Waals surface area contributed by atoms with Crippen LogP contribution in [-0.4, -0.2) is 0 Å². The molecule has 0 nitrogen and oxygen atoms in total. The van der Waals surface area contributed by atoms with E-state index < -0.39 is 0 Å². The zero-order valence-corrected chi connectivity index (χ0v) is 5.75. The van der Waals surface area contributed by atoms with Crippen molar-refractivity contribution < 1.29 is 0 Å². The summed E-state index contributed by atoms with van der Waals surface area (Å²) < 4.78 is 0. The van der Waals surface area contributed by atoms with Crippen LogP contribution in [0, 0.1) is 11.8 Å². The summed E-state index contributed by atoms with van der Waals surface area (Å²) in [6.45, 7) is 5.92. The van der Waals surface area contributed by atoms with Crippen LogP contribution in [0.5, 0.6) is 0 Å². The zero-order chi connectivity index (χ0) is 6.69. The van der Waals surface area contributed by atoms with E-state index in [-0.39, 0.29) is 0 Å². The molecule has 0 heteroatoms. The van der Waals surface area contributed by atoms with Gasteiger partial charge in [-0.25, -0.2) is 0 Å². The Kier molecular flexibility index (Phi) is 1.88. The fourth-order valence-corrected chi connectivity index (χ4v) is 0.957. The molecule has 0 aromatic carbocycles. The van der Waals surface area contributed by atoms with Crippen molar-refractivity contribution in [1.82, 2.24) is 0 Å². The van der Waals surface area contributed by atoms with Crippen molar-refractivity contribution in [3.63, 3.8) is 0 Å². The molecule has 0 N–H and O–H groups in total. The van der Waals surface area contributed by atoms with Gasteiger partial charge in [-0.2, -0.15) is 0 Å². The highest BCUT2D eigenvalue weighted by atomic mass is 14.1. The monoisotopic (exact) mass is 120 g/mol. The first-order valence-electron chi connectivity index (χ1n) is 3.32. The fourth-order valence-electron chi connectivity index (χ4n) is 0.957. The van der Waals surface area contributed by atoms with Crippen LogP contribution in [0.2, 0.25) is 0 Å². The first-order valence-corrected chi connectivity index (χ1v) is 3.32. The summed E-state index contributed by atoms with van der Waals surface area (Å²) in [5.41, 5.74) is 0. The predicted molar refractivity (Wildman–Crippen MR) is 41.1 cm³/mol. The van der Waals surface area contributed by atoms with Gasteiger partial charge in [-0.3, -0.25) is 0 Å². The van der Waals surface area contributed by atoms with Crippen LogP contribution in [0.25, 0.3) is 0 Å². The Balaban J connectivity index is 2.52. The second-order valence-corrected chi connectivity index (χ2v) is 2.44. The lowest BCUT2D eigenvalue weighted by atomic mass is 9.96. The van der Waals surface area contributed by atoms with Gasteiger partial charge in [0.2, 0.25) is 0 Å². The second-order valence-electron chi connectivity index (χ2n) is 2.44. The van der Waals surface area contributed by atoms with Crippen LogP contribution in [0.3, 0.4) is 0 Å². The molecule has 0 aromatic heterocycles. The number of hydrogen-bond acceptors (Lipinski definition) is 0. The first kappa shape index (κ1) is 6.34. The molecule has 1 aliphatic carbocycles. The molecule has 0 aromatic rings. The first-order chi connectivity index (χ1) is 4.34. The van der Waals surface area contributed by atoms with E-state index in [1.54, 1.807) is 0 Å². The standard InChI is InChI=1S/C9H12/c1-3-8(2)9-6-4-5-7-9/h3-9H,1H2,2H3. The minimum absolute atomic E-state index is 0.583. The van der Waals surface area contributed by atoms with Gasteiger partial charge in [-0.1, -0.05) is 37.3 Å². The van der Waals surface area contributed by atoms with E-state index in [9.17, 15) is 0 Å². The van der Waals surface area contributed by atoms with Gasteiger partial charge >= 0.3 is 0 Å². The number of allylic oxidation sites excluding steroid dienone is 5. The van der Waals surface area contributed by atoms with Gasteiger partial charge < -0.3 is 0 Å². The van der Waals surface area contributed by atoms with Gasteiger partial charge in [0.25, 0.3) is 0 Å². The molecule has 0 saturated heterocycles. The molecule has 1 rings (SSSR count). The van der Waals surface area contributed by atoms with Gasteiger partial charge in [0, 0.05) is 5.92 Å². The average Bonchev–Trinajstić information content (AvgIpc) is 2.37. The van der Waals surface area contributed by atoms with Crippen LogP contribution < -0.4 is 0 Å². The Bertz CT molecular complexity index is 139. The molecular formula is C9H12. The van der Waals surface area contributed by atoms with Crippen molar-refractivity contribution in [3.05, 3.63) is 37.0 Å². The summed E-state index contributed by atoms with van der Waals surface area (Å²) in [5, 5.41) is 0. The summed E-state index contributed by atoms with van der Waals surface area (Å²) in [4.78, 5) is 0. The summed E-state index contributed by atoms with van der Waals surface area (Å²) in [6, 6.07) is 0. The van der Waals surface area contributed by atoms with Crippen LogP contribution in [0.1, 0.15) is 6.92 Å². The molecular weight excluding hydrogens is 108 g/mol. The highest BCUT2D eigenvalue weighted by molar-refractivity contribution is 5.19. The van der Waals surface area contributed by atoms with E-state index in [0.29, 0.717) is 11.8 Å². The van der Waals surface area contributed by atoms with Crippen LogP contribution >= 0.6 is 0 Å². The summed E-state index contributed by atoms with van der Waals surface area (Å²) in [6.07, 6.45) is 10.6. The highest BCUT2D eigenvalue weighted by Gasteiger charge is 2.08. The molecule has 48 valence electrons. The van der Waals surface area contributed by atoms with Crippen molar-refractivity contribution in [3.8, 4) is 0 Å². The zero-order valence-electron chi connectivity index (χ0n) is 5.75.